The Kier molecular flexibility index (Phi) is 11.8. The SMILES string of the molecule is COc1ccc(NC(=O)COc2ccc(CNCCCN3CCOCC3)cc2OC)cc1.Cl. The van der Waals surface area contributed by atoms with Crippen molar-refractivity contribution in [2.45, 2.75) is 13.0 Å². The molecule has 0 radical (unpaired) electrons. The molecule has 2 N–H and O–H groups in total. The summed E-state index contributed by atoms with van der Waals surface area (Å²) in [6.07, 6.45) is 1.10. The zero-order valence-corrected chi connectivity index (χ0v) is 20.1. The lowest BCUT2D eigenvalue weighted by atomic mass is 10.2. The topological polar surface area (TPSA) is 81.3 Å². The number of anilines is 1. The molecule has 9 heteroatoms. The van der Waals surface area contributed by atoms with Crippen molar-refractivity contribution < 1.29 is 23.7 Å². The number of nitrogens with zero attached hydrogens (tertiary/aromatic N) is 1. The summed E-state index contributed by atoms with van der Waals surface area (Å²) in [5, 5.41) is 6.27. The minimum atomic E-state index is -0.247. The number of morpholine rings is 1. The van der Waals surface area contributed by atoms with Crippen LogP contribution in [0.5, 0.6) is 17.2 Å². The fourth-order valence-electron chi connectivity index (χ4n) is 3.44. The van der Waals surface area contributed by atoms with Crippen LogP contribution in [0.1, 0.15) is 12.0 Å². The smallest absolute Gasteiger partial charge is 0.262 e. The van der Waals surface area contributed by atoms with Crippen molar-refractivity contribution in [1.29, 1.82) is 0 Å². The molecule has 0 spiro atoms. The Balaban J connectivity index is 0.00000385. The summed E-state index contributed by atoms with van der Waals surface area (Å²) in [6.45, 7) is 6.40. The highest BCUT2D eigenvalue weighted by atomic mass is 35.5. The van der Waals surface area contributed by atoms with Gasteiger partial charge >= 0.3 is 0 Å². The van der Waals surface area contributed by atoms with Gasteiger partial charge < -0.3 is 29.6 Å². The number of methoxy groups -OCH3 is 2. The first kappa shape index (κ1) is 26.7. The molecule has 0 saturated carbocycles. The van der Waals surface area contributed by atoms with E-state index in [1.54, 1.807) is 38.5 Å². The fourth-order valence-corrected chi connectivity index (χ4v) is 3.44. The van der Waals surface area contributed by atoms with E-state index in [2.05, 4.69) is 15.5 Å². The lowest BCUT2D eigenvalue weighted by molar-refractivity contribution is -0.118. The van der Waals surface area contributed by atoms with Crippen LogP contribution in [0, 0.1) is 0 Å². The Morgan fingerprint density at radius 2 is 1.79 bits per heavy atom. The summed E-state index contributed by atoms with van der Waals surface area (Å²) >= 11 is 0. The molecule has 33 heavy (non-hydrogen) atoms. The molecule has 0 aliphatic carbocycles. The number of nitrogens with one attached hydrogen (secondary N) is 2. The minimum Gasteiger partial charge on any atom is -0.497 e. The van der Waals surface area contributed by atoms with Crippen molar-refractivity contribution in [3.8, 4) is 17.2 Å². The van der Waals surface area contributed by atoms with Crippen LogP contribution in [0.3, 0.4) is 0 Å². The van der Waals surface area contributed by atoms with Crippen LogP contribution in [0.25, 0.3) is 0 Å². The molecule has 0 bridgehead atoms. The molecule has 1 fully saturated rings. The van der Waals surface area contributed by atoms with Gasteiger partial charge in [-0.2, -0.15) is 0 Å². The van der Waals surface area contributed by atoms with Crippen LogP contribution in [0.2, 0.25) is 0 Å². The van der Waals surface area contributed by atoms with Gasteiger partial charge in [-0.25, -0.2) is 0 Å². The van der Waals surface area contributed by atoms with E-state index in [0.717, 1.165) is 63.7 Å². The van der Waals surface area contributed by atoms with Crippen molar-refractivity contribution in [3.63, 3.8) is 0 Å². The van der Waals surface area contributed by atoms with Gasteiger partial charge in [0.2, 0.25) is 0 Å². The van der Waals surface area contributed by atoms with E-state index in [0.29, 0.717) is 17.2 Å². The van der Waals surface area contributed by atoms with Crippen molar-refractivity contribution in [2.24, 2.45) is 0 Å². The lowest BCUT2D eigenvalue weighted by Crippen LogP contribution is -2.37. The monoisotopic (exact) mass is 479 g/mol. The summed E-state index contributed by atoms with van der Waals surface area (Å²) in [5.74, 6) is 1.63. The molecule has 0 atom stereocenters. The second-order valence-electron chi connectivity index (χ2n) is 7.53. The van der Waals surface area contributed by atoms with Gasteiger partial charge in [-0.1, -0.05) is 6.07 Å². The zero-order chi connectivity index (χ0) is 22.6. The largest absolute Gasteiger partial charge is 0.497 e. The summed E-state index contributed by atoms with van der Waals surface area (Å²) in [6, 6.07) is 12.9. The Labute approximate surface area is 201 Å². The number of carbonyl (C=O) groups is 1. The molecule has 1 saturated heterocycles. The van der Waals surface area contributed by atoms with Crippen molar-refractivity contribution in [2.75, 3.05) is 65.5 Å². The third-order valence-corrected chi connectivity index (χ3v) is 5.22. The molecule has 0 unspecified atom stereocenters. The average Bonchev–Trinajstić information content (AvgIpc) is 2.84. The first-order chi connectivity index (χ1) is 15.7. The van der Waals surface area contributed by atoms with E-state index in [1.165, 1.54) is 0 Å². The number of ether oxygens (including phenoxy) is 4. The van der Waals surface area contributed by atoms with E-state index >= 15 is 0 Å². The summed E-state index contributed by atoms with van der Waals surface area (Å²) in [5.41, 5.74) is 1.78. The van der Waals surface area contributed by atoms with Gasteiger partial charge in [0.05, 0.1) is 27.4 Å². The second kappa shape index (κ2) is 14.6. The number of carbonyl (C=O) groups excluding carboxylic acids is 1. The molecule has 1 amide bonds. The minimum absolute atomic E-state index is 0. The molecular formula is C24H34ClN3O5. The third kappa shape index (κ3) is 9.09. The van der Waals surface area contributed by atoms with E-state index < -0.39 is 0 Å². The first-order valence-electron chi connectivity index (χ1n) is 10.9. The number of rotatable bonds is 12. The number of halogens is 1. The van der Waals surface area contributed by atoms with Crippen LogP contribution >= 0.6 is 12.4 Å². The Bertz CT molecular complexity index is 844. The summed E-state index contributed by atoms with van der Waals surface area (Å²) in [7, 11) is 3.20. The Morgan fingerprint density at radius 1 is 1.03 bits per heavy atom. The zero-order valence-electron chi connectivity index (χ0n) is 19.3. The standard InChI is InChI=1S/C24H33N3O5.ClH/c1-29-21-7-5-20(6-8-21)26-24(28)18-32-22-9-4-19(16-23(22)30-2)17-25-10-3-11-27-12-14-31-15-13-27;/h4-9,16,25H,3,10-15,17-18H2,1-2H3,(H,26,28);1H. The van der Waals surface area contributed by atoms with Gasteiger partial charge in [0.1, 0.15) is 5.75 Å². The van der Waals surface area contributed by atoms with E-state index in [-0.39, 0.29) is 24.9 Å². The molecule has 182 valence electrons. The van der Waals surface area contributed by atoms with Gasteiger partial charge in [-0.3, -0.25) is 9.69 Å². The lowest BCUT2D eigenvalue weighted by Gasteiger charge is -2.26. The number of amides is 1. The normalized spacial score (nSPS) is 13.6. The molecule has 1 aliphatic rings. The maximum Gasteiger partial charge on any atom is 0.262 e. The Morgan fingerprint density at radius 3 is 2.48 bits per heavy atom. The van der Waals surface area contributed by atoms with Crippen molar-refractivity contribution >= 4 is 24.0 Å². The van der Waals surface area contributed by atoms with Crippen molar-refractivity contribution in [3.05, 3.63) is 48.0 Å². The van der Waals surface area contributed by atoms with Crippen LogP contribution in [-0.2, 0) is 16.1 Å². The van der Waals surface area contributed by atoms with Crippen LogP contribution < -0.4 is 24.8 Å². The molecule has 3 rings (SSSR count). The summed E-state index contributed by atoms with van der Waals surface area (Å²) < 4.78 is 21.6. The molecule has 0 aromatic heterocycles. The van der Waals surface area contributed by atoms with Gasteiger partial charge in [-0.15, -0.1) is 12.4 Å². The average molecular weight is 480 g/mol. The quantitative estimate of drug-likeness (QED) is 0.453. The highest BCUT2D eigenvalue weighted by Crippen LogP contribution is 2.28. The van der Waals surface area contributed by atoms with Gasteiger partial charge in [-0.05, 0) is 61.5 Å². The third-order valence-electron chi connectivity index (χ3n) is 5.22. The predicted molar refractivity (Wildman–Crippen MR) is 131 cm³/mol. The first-order valence-corrected chi connectivity index (χ1v) is 10.9. The van der Waals surface area contributed by atoms with Gasteiger partial charge in [0.15, 0.2) is 18.1 Å². The molecule has 8 nitrogen and oxygen atoms in total. The van der Waals surface area contributed by atoms with Crippen LogP contribution in [-0.4, -0.2) is 71.0 Å². The van der Waals surface area contributed by atoms with E-state index in [4.69, 9.17) is 18.9 Å². The molecule has 1 heterocycles. The second-order valence-corrected chi connectivity index (χ2v) is 7.53. The maximum absolute atomic E-state index is 12.2. The molecule has 2 aromatic rings. The molecule has 2 aromatic carbocycles. The van der Waals surface area contributed by atoms with Crippen LogP contribution in [0.4, 0.5) is 5.69 Å². The van der Waals surface area contributed by atoms with E-state index in [9.17, 15) is 4.79 Å². The summed E-state index contributed by atoms with van der Waals surface area (Å²) in [4.78, 5) is 14.6. The van der Waals surface area contributed by atoms with Gasteiger partial charge in [0, 0.05) is 25.3 Å². The number of hydrogen-bond acceptors (Lipinski definition) is 7. The van der Waals surface area contributed by atoms with Gasteiger partial charge in [0.25, 0.3) is 5.91 Å². The van der Waals surface area contributed by atoms with Crippen molar-refractivity contribution in [1.82, 2.24) is 10.2 Å². The fraction of sp³-hybridized carbons (Fsp3) is 0.458. The predicted octanol–water partition coefficient (Wildman–Crippen LogP) is 2.96. The van der Waals surface area contributed by atoms with E-state index in [1.807, 2.05) is 18.2 Å². The Hall–Kier alpha value is -2.52. The maximum atomic E-state index is 12.2. The molecular weight excluding hydrogens is 446 g/mol. The number of benzene rings is 2. The highest BCUT2D eigenvalue weighted by Gasteiger charge is 2.11. The van der Waals surface area contributed by atoms with Crippen LogP contribution in [0.15, 0.2) is 42.5 Å². The molecule has 1 aliphatic heterocycles. The highest BCUT2D eigenvalue weighted by molar-refractivity contribution is 5.91. The number of hydrogen-bond donors (Lipinski definition) is 2.